The quantitative estimate of drug-likeness (QED) is 0.645. The Morgan fingerprint density at radius 1 is 1.35 bits per heavy atom. The van der Waals surface area contributed by atoms with Gasteiger partial charge in [-0.2, -0.15) is 0 Å². The molecule has 0 saturated heterocycles. The van der Waals surface area contributed by atoms with Crippen molar-refractivity contribution in [3.05, 3.63) is 46.5 Å². The molecule has 1 aromatic heterocycles. The molecular formula is C15H16FN3O. The monoisotopic (exact) mass is 273 g/mol. The highest BCUT2D eigenvalue weighted by molar-refractivity contribution is 5.94. The summed E-state index contributed by atoms with van der Waals surface area (Å²) in [6, 6.07) is 4.40. The van der Waals surface area contributed by atoms with Gasteiger partial charge in [0.15, 0.2) is 6.23 Å². The van der Waals surface area contributed by atoms with Crippen LogP contribution in [0.3, 0.4) is 0 Å². The van der Waals surface area contributed by atoms with Crippen molar-refractivity contribution in [1.82, 2.24) is 4.98 Å². The number of aromatic nitrogens is 1. The molecule has 20 heavy (non-hydrogen) atoms. The lowest BCUT2D eigenvalue weighted by Gasteiger charge is -2.05. The van der Waals surface area contributed by atoms with E-state index in [0.717, 1.165) is 22.6 Å². The number of rotatable bonds is 1. The summed E-state index contributed by atoms with van der Waals surface area (Å²) in [6.45, 7) is 3.80. The number of nitrogens with two attached hydrogens (primary N) is 1. The van der Waals surface area contributed by atoms with Crippen molar-refractivity contribution in [2.75, 3.05) is 11.1 Å². The maximum Gasteiger partial charge on any atom is 0.151 e. The number of nitrogens with one attached hydrogen (secondary N) is 2. The summed E-state index contributed by atoms with van der Waals surface area (Å²) in [5.41, 5.74) is 11.3. The summed E-state index contributed by atoms with van der Waals surface area (Å²) < 4.78 is 13.4. The van der Waals surface area contributed by atoms with Gasteiger partial charge in [-0.25, -0.2) is 4.39 Å². The van der Waals surface area contributed by atoms with Crippen molar-refractivity contribution in [2.45, 2.75) is 20.1 Å². The number of aliphatic hydroxyl groups excluding tert-OH is 1. The Morgan fingerprint density at radius 2 is 2.10 bits per heavy atom. The van der Waals surface area contributed by atoms with Crippen molar-refractivity contribution in [3.8, 4) is 0 Å². The van der Waals surface area contributed by atoms with Crippen molar-refractivity contribution in [1.29, 1.82) is 0 Å². The number of hydrogen-bond donors (Lipinski definition) is 4. The fraction of sp³-hybridized carbons (Fsp3) is 0.200. The number of fused-ring (bicyclic) bond motifs is 1. The lowest BCUT2D eigenvalue weighted by Crippen LogP contribution is -2.12. The van der Waals surface area contributed by atoms with E-state index < -0.39 is 6.23 Å². The van der Waals surface area contributed by atoms with Gasteiger partial charge in [-0.1, -0.05) is 0 Å². The Labute approximate surface area is 116 Å². The van der Waals surface area contributed by atoms with Crippen molar-refractivity contribution in [3.63, 3.8) is 0 Å². The van der Waals surface area contributed by atoms with Crippen LogP contribution in [0.5, 0.6) is 0 Å². The molecule has 0 bridgehead atoms. The molecular weight excluding hydrogens is 257 g/mol. The second kappa shape index (κ2) is 4.38. The zero-order chi connectivity index (χ0) is 14.4. The number of benzene rings is 1. The lowest BCUT2D eigenvalue weighted by atomic mass is 10.0. The van der Waals surface area contributed by atoms with Crippen molar-refractivity contribution in [2.24, 2.45) is 0 Å². The molecule has 1 aliphatic heterocycles. The number of aryl methyl sites for hydroxylation is 1. The van der Waals surface area contributed by atoms with Crippen LogP contribution in [0.25, 0.3) is 11.6 Å². The van der Waals surface area contributed by atoms with Crippen LogP contribution >= 0.6 is 0 Å². The van der Waals surface area contributed by atoms with Crippen LogP contribution in [0.1, 0.15) is 22.5 Å². The average molecular weight is 273 g/mol. The predicted molar refractivity (Wildman–Crippen MR) is 78.6 cm³/mol. The summed E-state index contributed by atoms with van der Waals surface area (Å²) in [5.74, 6) is -0.329. The summed E-state index contributed by atoms with van der Waals surface area (Å²) in [5, 5.41) is 13.0. The van der Waals surface area contributed by atoms with Gasteiger partial charge in [0.05, 0.1) is 5.69 Å². The molecule has 1 unspecified atom stereocenters. The van der Waals surface area contributed by atoms with Gasteiger partial charge < -0.3 is 21.1 Å². The highest BCUT2D eigenvalue weighted by atomic mass is 19.1. The maximum atomic E-state index is 13.4. The van der Waals surface area contributed by atoms with Crippen LogP contribution in [0.15, 0.2) is 18.2 Å². The first-order valence-corrected chi connectivity index (χ1v) is 6.38. The van der Waals surface area contributed by atoms with E-state index in [1.807, 2.05) is 19.9 Å². The highest BCUT2D eigenvalue weighted by Crippen LogP contribution is 2.36. The van der Waals surface area contributed by atoms with Gasteiger partial charge in [0.25, 0.3) is 0 Å². The van der Waals surface area contributed by atoms with E-state index in [2.05, 4.69) is 10.3 Å². The summed E-state index contributed by atoms with van der Waals surface area (Å²) in [4.78, 5) is 3.17. The highest BCUT2D eigenvalue weighted by Gasteiger charge is 2.25. The Balaban J connectivity index is 2.13. The molecule has 3 rings (SSSR count). The molecule has 5 heteroatoms. The van der Waals surface area contributed by atoms with Gasteiger partial charge in [0.2, 0.25) is 0 Å². The average Bonchev–Trinajstić information content (AvgIpc) is 2.83. The fourth-order valence-corrected chi connectivity index (χ4v) is 2.50. The summed E-state index contributed by atoms with van der Waals surface area (Å²) >= 11 is 0. The molecule has 0 spiro atoms. The van der Waals surface area contributed by atoms with Gasteiger partial charge in [0.1, 0.15) is 5.82 Å². The van der Waals surface area contributed by atoms with Crippen LogP contribution in [0.4, 0.5) is 15.8 Å². The van der Waals surface area contributed by atoms with Crippen LogP contribution < -0.4 is 11.1 Å². The molecule has 5 N–H and O–H groups in total. The first-order chi connectivity index (χ1) is 9.47. The van der Waals surface area contributed by atoms with E-state index in [-0.39, 0.29) is 5.82 Å². The number of halogens is 1. The third-order valence-corrected chi connectivity index (χ3v) is 3.71. The molecule has 0 fully saturated rings. The van der Waals surface area contributed by atoms with E-state index in [1.165, 1.54) is 12.1 Å². The van der Waals surface area contributed by atoms with Crippen LogP contribution in [-0.2, 0) is 0 Å². The normalized spacial score (nSPS) is 19.2. The van der Waals surface area contributed by atoms with Gasteiger partial charge in [-0.05, 0) is 43.7 Å². The zero-order valence-corrected chi connectivity index (χ0v) is 11.3. The number of H-pyrrole nitrogens is 1. The lowest BCUT2D eigenvalue weighted by molar-refractivity contribution is 0.266. The largest absolute Gasteiger partial charge is 0.397 e. The molecule has 0 aliphatic carbocycles. The first kappa shape index (κ1) is 12.7. The van der Waals surface area contributed by atoms with Gasteiger partial charge in [-0.3, -0.25) is 0 Å². The van der Waals surface area contributed by atoms with Crippen LogP contribution in [-0.4, -0.2) is 16.3 Å². The predicted octanol–water partition coefficient (Wildman–Crippen LogP) is 2.64. The second-order valence-corrected chi connectivity index (χ2v) is 5.04. The fourth-order valence-electron chi connectivity index (χ4n) is 2.50. The molecule has 0 amide bonds. The minimum absolute atomic E-state index is 0.329. The molecule has 0 saturated carbocycles. The molecule has 2 heterocycles. The summed E-state index contributed by atoms with van der Waals surface area (Å²) in [6.07, 6.45) is 0.956. The Bertz CT molecular complexity index is 718. The molecule has 104 valence electrons. The number of hydrogen-bond acceptors (Lipinski definition) is 3. The van der Waals surface area contributed by atoms with Gasteiger partial charge in [-0.15, -0.1) is 0 Å². The molecule has 0 radical (unpaired) electrons. The topological polar surface area (TPSA) is 74.1 Å². The minimum atomic E-state index is -0.851. The second-order valence-electron chi connectivity index (χ2n) is 5.04. The van der Waals surface area contributed by atoms with Crippen molar-refractivity contribution >= 4 is 23.0 Å². The maximum absolute atomic E-state index is 13.4. The molecule has 1 aromatic carbocycles. The minimum Gasteiger partial charge on any atom is -0.397 e. The van der Waals surface area contributed by atoms with Crippen LogP contribution in [0, 0.1) is 19.7 Å². The summed E-state index contributed by atoms with van der Waals surface area (Å²) in [7, 11) is 0. The third-order valence-electron chi connectivity index (χ3n) is 3.71. The first-order valence-electron chi connectivity index (χ1n) is 6.38. The molecule has 2 aromatic rings. The van der Waals surface area contributed by atoms with E-state index in [0.29, 0.717) is 16.8 Å². The molecule has 1 atom stereocenters. The Hall–Kier alpha value is -2.27. The van der Waals surface area contributed by atoms with E-state index in [4.69, 9.17) is 5.73 Å². The zero-order valence-electron chi connectivity index (χ0n) is 11.3. The van der Waals surface area contributed by atoms with E-state index >= 15 is 0 Å². The van der Waals surface area contributed by atoms with E-state index in [9.17, 15) is 9.50 Å². The number of aliphatic hydroxyl groups is 1. The smallest absolute Gasteiger partial charge is 0.151 e. The van der Waals surface area contributed by atoms with Crippen LogP contribution in [0.2, 0.25) is 0 Å². The van der Waals surface area contributed by atoms with Gasteiger partial charge >= 0.3 is 0 Å². The van der Waals surface area contributed by atoms with Crippen molar-refractivity contribution < 1.29 is 9.50 Å². The van der Waals surface area contributed by atoms with Gasteiger partial charge in [0, 0.05) is 28.2 Å². The van der Waals surface area contributed by atoms with E-state index in [1.54, 1.807) is 6.07 Å². The SMILES string of the molecule is Cc1[nH]c(/C=C2/c3cc(F)ccc3NC2O)c(C)c1N. The third kappa shape index (κ3) is 1.87. The molecule has 4 nitrogen and oxygen atoms in total. The number of anilines is 2. The number of aromatic amines is 1. The Morgan fingerprint density at radius 3 is 2.75 bits per heavy atom. The Kier molecular flexibility index (Phi) is 2.79. The molecule has 1 aliphatic rings. The standard InChI is InChI=1S/C15H16FN3O/c1-7-13(18-8(2)14(7)17)6-11-10-5-9(16)3-4-12(10)19-15(11)20/h3-6,15,18-20H,17H2,1-2H3/b11-6-. The number of nitrogen functional groups attached to an aromatic ring is 1.